The van der Waals surface area contributed by atoms with Gasteiger partial charge in [0.25, 0.3) is 6.67 Å². The fraction of sp³-hybridized carbons (Fsp3) is 0.688. The highest BCUT2D eigenvalue weighted by molar-refractivity contribution is 5.12. The maximum atomic E-state index is 2.34. The predicted octanol–water partition coefficient (Wildman–Crippen LogP) is 3.32. The summed E-state index contributed by atoms with van der Waals surface area (Å²) in [5.74, 6) is 0.669. The fourth-order valence-electron chi connectivity index (χ4n) is 2.44. The van der Waals surface area contributed by atoms with E-state index in [2.05, 4.69) is 63.7 Å². The molecule has 0 saturated heterocycles. The van der Waals surface area contributed by atoms with Gasteiger partial charge in [-0.1, -0.05) is 13.8 Å². The second kappa shape index (κ2) is 6.89. The molecule has 0 aliphatic carbocycles. The quantitative estimate of drug-likeness (QED) is 0.516. The third-order valence-corrected chi connectivity index (χ3v) is 4.57. The van der Waals surface area contributed by atoms with Crippen molar-refractivity contribution < 1.29 is 9.05 Å². The molecule has 0 fully saturated rings. The summed E-state index contributed by atoms with van der Waals surface area (Å²) in [5, 5.41) is 0. The summed E-state index contributed by atoms with van der Waals surface area (Å²) in [5.41, 5.74) is 1.45. The summed E-state index contributed by atoms with van der Waals surface area (Å²) in [6.07, 6.45) is 5.70. The number of pyridine rings is 1. The molecule has 0 aromatic carbocycles. The molecule has 1 unspecified atom stereocenters. The summed E-state index contributed by atoms with van der Waals surface area (Å²) in [4.78, 5) is 0. The van der Waals surface area contributed by atoms with Crippen molar-refractivity contribution in [2.75, 3.05) is 19.6 Å². The van der Waals surface area contributed by atoms with E-state index in [1.165, 1.54) is 31.6 Å². The van der Waals surface area contributed by atoms with Crippen LogP contribution in [0.15, 0.2) is 24.5 Å². The minimum absolute atomic E-state index is 0.669. The van der Waals surface area contributed by atoms with Gasteiger partial charge in [-0.15, -0.1) is 0 Å². The van der Waals surface area contributed by atoms with Crippen molar-refractivity contribution in [2.24, 2.45) is 0 Å². The molecule has 1 aromatic rings. The fourth-order valence-corrected chi connectivity index (χ4v) is 2.44. The zero-order chi connectivity index (χ0) is 13.6. The van der Waals surface area contributed by atoms with Crippen LogP contribution in [0.3, 0.4) is 0 Å². The summed E-state index contributed by atoms with van der Waals surface area (Å²) in [6, 6.07) is 4.56. The zero-order valence-electron chi connectivity index (χ0n) is 12.8. The molecule has 18 heavy (non-hydrogen) atoms. The number of hydrogen-bond donors (Lipinski definition) is 0. The van der Waals surface area contributed by atoms with E-state index in [1.54, 1.807) is 0 Å². The standard InChI is InChI=1S/C16H30N2/c1-6-15(5)16-10-12-17(13-11-16)14-18(7-2,8-3)9-4/h10-13,15H,6-9,14H2,1-5H3/q+2. The summed E-state index contributed by atoms with van der Waals surface area (Å²) in [6.45, 7) is 16.1. The first-order valence-electron chi connectivity index (χ1n) is 7.44. The highest BCUT2D eigenvalue weighted by Crippen LogP contribution is 2.16. The van der Waals surface area contributed by atoms with Crippen molar-refractivity contribution in [2.45, 2.75) is 53.6 Å². The average molecular weight is 250 g/mol. The monoisotopic (exact) mass is 250 g/mol. The van der Waals surface area contributed by atoms with Gasteiger partial charge in [0, 0.05) is 12.1 Å². The van der Waals surface area contributed by atoms with Gasteiger partial charge < -0.3 is 0 Å². The number of hydrogen-bond acceptors (Lipinski definition) is 0. The van der Waals surface area contributed by atoms with Crippen LogP contribution in [0, 0.1) is 0 Å². The van der Waals surface area contributed by atoms with Gasteiger partial charge in [0.1, 0.15) is 0 Å². The third kappa shape index (κ3) is 3.55. The van der Waals surface area contributed by atoms with Gasteiger partial charge in [-0.05, 0) is 38.7 Å². The van der Waals surface area contributed by atoms with E-state index in [9.17, 15) is 0 Å². The van der Waals surface area contributed by atoms with Gasteiger partial charge in [0.15, 0.2) is 12.4 Å². The van der Waals surface area contributed by atoms with Gasteiger partial charge in [0.05, 0.1) is 19.6 Å². The maximum Gasteiger partial charge on any atom is 0.276 e. The van der Waals surface area contributed by atoms with E-state index in [0.29, 0.717) is 5.92 Å². The minimum Gasteiger partial charge on any atom is -0.269 e. The first-order valence-corrected chi connectivity index (χ1v) is 7.44. The van der Waals surface area contributed by atoms with Crippen molar-refractivity contribution in [3.05, 3.63) is 30.1 Å². The molecule has 2 heteroatoms. The van der Waals surface area contributed by atoms with Crippen LogP contribution >= 0.6 is 0 Å². The van der Waals surface area contributed by atoms with Gasteiger partial charge >= 0.3 is 0 Å². The largest absolute Gasteiger partial charge is 0.276 e. The number of nitrogens with zero attached hydrogens (tertiary/aromatic N) is 2. The van der Waals surface area contributed by atoms with E-state index in [1.807, 2.05) is 0 Å². The maximum absolute atomic E-state index is 2.34. The Hall–Kier alpha value is -0.890. The molecule has 0 saturated carbocycles. The number of quaternary nitrogens is 1. The van der Waals surface area contributed by atoms with Crippen LogP contribution in [0.2, 0.25) is 0 Å². The van der Waals surface area contributed by atoms with E-state index in [-0.39, 0.29) is 0 Å². The Morgan fingerprint density at radius 3 is 1.89 bits per heavy atom. The first kappa shape index (κ1) is 15.2. The molecule has 0 amide bonds. The highest BCUT2D eigenvalue weighted by atomic mass is 15.4. The van der Waals surface area contributed by atoms with Crippen LogP contribution in [-0.4, -0.2) is 24.1 Å². The summed E-state index contributed by atoms with van der Waals surface area (Å²) >= 11 is 0. The molecule has 0 radical (unpaired) electrons. The molecule has 102 valence electrons. The first-order chi connectivity index (χ1) is 8.60. The molecular weight excluding hydrogens is 220 g/mol. The minimum atomic E-state index is 0.669. The molecule has 2 nitrogen and oxygen atoms in total. The zero-order valence-corrected chi connectivity index (χ0v) is 12.8. The SMILES string of the molecule is CCC(C)c1cc[n+](C[N+](CC)(CC)CC)cc1. The molecule has 1 atom stereocenters. The van der Waals surface area contributed by atoms with Crippen molar-refractivity contribution in [3.8, 4) is 0 Å². The molecule has 0 bridgehead atoms. The third-order valence-electron chi connectivity index (χ3n) is 4.57. The Labute approximate surface area is 113 Å². The van der Waals surface area contributed by atoms with Gasteiger partial charge in [-0.25, -0.2) is 0 Å². The second-order valence-electron chi connectivity index (χ2n) is 5.39. The Balaban J connectivity index is 2.79. The summed E-state index contributed by atoms with van der Waals surface area (Å²) in [7, 11) is 0. The normalized spacial score (nSPS) is 13.6. The number of rotatable bonds is 7. The lowest BCUT2D eigenvalue weighted by Gasteiger charge is -2.32. The second-order valence-corrected chi connectivity index (χ2v) is 5.39. The van der Waals surface area contributed by atoms with Gasteiger partial charge in [-0.2, -0.15) is 4.57 Å². The van der Waals surface area contributed by atoms with Crippen molar-refractivity contribution >= 4 is 0 Å². The predicted molar refractivity (Wildman–Crippen MR) is 77.2 cm³/mol. The lowest BCUT2D eigenvalue weighted by Crippen LogP contribution is -2.56. The molecule has 0 aliphatic heterocycles. The molecule has 1 rings (SSSR count). The van der Waals surface area contributed by atoms with E-state index in [4.69, 9.17) is 0 Å². The molecule has 0 N–H and O–H groups in total. The molecular formula is C16H30N2+2. The van der Waals surface area contributed by atoms with Gasteiger partial charge in [0.2, 0.25) is 0 Å². The van der Waals surface area contributed by atoms with Crippen LogP contribution in [0.5, 0.6) is 0 Å². The van der Waals surface area contributed by atoms with Crippen LogP contribution < -0.4 is 4.57 Å². The van der Waals surface area contributed by atoms with Crippen LogP contribution in [-0.2, 0) is 6.67 Å². The van der Waals surface area contributed by atoms with Crippen molar-refractivity contribution in [3.63, 3.8) is 0 Å². The van der Waals surface area contributed by atoms with Crippen LogP contribution in [0.25, 0.3) is 0 Å². The van der Waals surface area contributed by atoms with E-state index < -0.39 is 0 Å². The Morgan fingerprint density at radius 2 is 1.50 bits per heavy atom. The van der Waals surface area contributed by atoms with Gasteiger partial charge in [-0.3, -0.25) is 4.48 Å². The highest BCUT2D eigenvalue weighted by Gasteiger charge is 2.25. The van der Waals surface area contributed by atoms with E-state index >= 15 is 0 Å². The number of aromatic nitrogens is 1. The van der Waals surface area contributed by atoms with Crippen molar-refractivity contribution in [1.82, 2.24) is 0 Å². The summed E-state index contributed by atoms with van der Waals surface area (Å²) < 4.78 is 3.50. The van der Waals surface area contributed by atoms with E-state index in [0.717, 1.165) is 11.2 Å². The molecule has 1 heterocycles. The topological polar surface area (TPSA) is 3.88 Å². The Kier molecular flexibility index (Phi) is 5.80. The lowest BCUT2D eigenvalue weighted by atomic mass is 10.0. The average Bonchev–Trinajstić information content (AvgIpc) is 2.45. The molecule has 0 spiro atoms. The van der Waals surface area contributed by atoms with Crippen molar-refractivity contribution in [1.29, 1.82) is 0 Å². The van der Waals surface area contributed by atoms with Crippen LogP contribution in [0.4, 0.5) is 0 Å². The molecule has 0 aliphatic rings. The Morgan fingerprint density at radius 1 is 1.00 bits per heavy atom. The van der Waals surface area contributed by atoms with Crippen LogP contribution in [0.1, 0.15) is 52.5 Å². The smallest absolute Gasteiger partial charge is 0.269 e. The Bertz CT molecular complexity index is 330. The molecule has 1 aromatic heterocycles. The lowest BCUT2D eigenvalue weighted by molar-refractivity contribution is -1.05.